The second-order valence-electron chi connectivity index (χ2n) is 7.73. The Hall–Kier alpha value is -2.51. The maximum Gasteiger partial charge on any atom is 0.271 e. The van der Waals surface area contributed by atoms with Crippen molar-refractivity contribution in [2.24, 2.45) is 5.92 Å². The Bertz CT molecular complexity index is 855. The van der Waals surface area contributed by atoms with E-state index in [4.69, 9.17) is 4.74 Å². The predicted octanol–water partition coefficient (Wildman–Crippen LogP) is 2.05. The van der Waals surface area contributed by atoms with Crippen molar-refractivity contribution < 1.29 is 9.53 Å². The van der Waals surface area contributed by atoms with E-state index in [0.29, 0.717) is 19.7 Å². The fraction of sp³-hybridized carbons (Fsp3) is 0.500. The lowest BCUT2D eigenvalue weighted by Crippen LogP contribution is -2.32. The molecule has 1 aliphatic heterocycles. The van der Waals surface area contributed by atoms with E-state index in [1.54, 1.807) is 7.11 Å². The summed E-state index contributed by atoms with van der Waals surface area (Å²) < 4.78 is 6.21. The summed E-state index contributed by atoms with van der Waals surface area (Å²) >= 11 is 0. The van der Waals surface area contributed by atoms with Crippen LogP contribution in [-0.2, 0) is 24.4 Å². The molecule has 2 aromatic rings. The lowest BCUT2D eigenvalue weighted by atomic mass is 9.99. The number of carbonyl (C=O) groups excluding carboxylic acids is 1. The number of aromatic nitrogens is 2. The second kappa shape index (κ2) is 10.3. The molecule has 0 atom stereocenters. The van der Waals surface area contributed by atoms with Gasteiger partial charge in [-0.05, 0) is 49.0 Å². The molecule has 1 N–H and O–H groups in total. The van der Waals surface area contributed by atoms with Gasteiger partial charge in [-0.3, -0.25) is 14.5 Å². The molecular formula is C22H30N4O3. The molecule has 1 aliphatic rings. The van der Waals surface area contributed by atoms with Gasteiger partial charge in [-0.2, -0.15) is 5.10 Å². The Labute approximate surface area is 171 Å². The number of hydrogen-bond donors (Lipinski definition) is 1. The van der Waals surface area contributed by atoms with Gasteiger partial charge in [-0.25, -0.2) is 4.68 Å². The first kappa shape index (κ1) is 21.2. The third-order valence-electron chi connectivity index (χ3n) is 5.36. The van der Waals surface area contributed by atoms with Gasteiger partial charge in [0, 0.05) is 26.3 Å². The van der Waals surface area contributed by atoms with Crippen LogP contribution in [0.5, 0.6) is 0 Å². The van der Waals surface area contributed by atoms with Crippen molar-refractivity contribution in [1.82, 2.24) is 20.0 Å². The van der Waals surface area contributed by atoms with Crippen LogP contribution in [0, 0.1) is 5.92 Å². The largest absolute Gasteiger partial charge is 0.383 e. The first-order valence-electron chi connectivity index (χ1n) is 10.2. The van der Waals surface area contributed by atoms with E-state index in [2.05, 4.69) is 46.5 Å². The highest BCUT2D eigenvalue weighted by Gasteiger charge is 2.15. The molecule has 0 aliphatic carbocycles. The van der Waals surface area contributed by atoms with Crippen LogP contribution in [-0.4, -0.2) is 47.4 Å². The van der Waals surface area contributed by atoms with Gasteiger partial charge >= 0.3 is 0 Å². The van der Waals surface area contributed by atoms with Crippen molar-refractivity contribution in [2.45, 2.75) is 39.4 Å². The highest BCUT2D eigenvalue weighted by molar-refractivity contribution is 5.91. The summed E-state index contributed by atoms with van der Waals surface area (Å²) in [4.78, 5) is 26.7. The van der Waals surface area contributed by atoms with Crippen molar-refractivity contribution >= 4 is 5.91 Å². The van der Waals surface area contributed by atoms with Gasteiger partial charge < -0.3 is 10.1 Å². The second-order valence-corrected chi connectivity index (χ2v) is 7.73. The molecule has 0 bridgehead atoms. The molecule has 0 radical (unpaired) electrons. The van der Waals surface area contributed by atoms with Crippen LogP contribution in [0.15, 0.2) is 41.2 Å². The molecule has 1 fully saturated rings. The molecule has 1 aromatic carbocycles. The molecule has 0 unspecified atom stereocenters. The normalized spacial score (nSPS) is 15.4. The zero-order chi connectivity index (χ0) is 20.6. The number of likely N-dealkylation sites (tertiary alicyclic amines) is 1. The van der Waals surface area contributed by atoms with Crippen LogP contribution in [0.3, 0.4) is 0 Å². The van der Waals surface area contributed by atoms with Gasteiger partial charge in [-0.1, -0.05) is 31.2 Å². The maximum absolute atomic E-state index is 12.4. The number of hydrogen-bond acceptors (Lipinski definition) is 5. The predicted molar refractivity (Wildman–Crippen MR) is 112 cm³/mol. The molecule has 3 rings (SSSR count). The van der Waals surface area contributed by atoms with E-state index < -0.39 is 0 Å². The molecule has 156 valence electrons. The van der Waals surface area contributed by atoms with Crippen LogP contribution in [0.1, 0.15) is 41.4 Å². The number of nitrogens with zero attached hydrogens (tertiary/aromatic N) is 3. The summed E-state index contributed by atoms with van der Waals surface area (Å²) in [6.45, 7) is 6.72. The standard InChI is InChI=1S/C22H30N4O3/c1-17-9-11-25(12-10-17)16-19-5-3-18(4-6-19)15-23-22(28)20-7-8-21(27)26(24-20)13-14-29-2/h3-8,17H,9-16H2,1-2H3,(H,23,28). The smallest absolute Gasteiger partial charge is 0.271 e. The van der Waals surface area contributed by atoms with Gasteiger partial charge in [0.25, 0.3) is 11.5 Å². The van der Waals surface area contributed by atoms with Crippen LogP contribution in [0.2, 0.25) is 0 Å². The number of nitrogens with one attached hydrogen (secondary N) is 1. The summed E-state index contributed by atoms with van der Waals surface area (Å²) in [5.41, 5.74) is 2.29. The minimum Gasteiger partial charge on any atom is -0.383 e. The quantitative estimate of drug-likeness (QED) is 0.737. The third kappa shape index (κ3) is 6.24. The van der Waals surface area contributed by atoms with Gasteiger partial charge in [0.05, 0.1) is 13.2 Å². The first-order valence-corrected chi connectivity index (χ1v) is 10.2. The zero-order valence-electron chi connectivity index (χ0n) is 17.3. The molecule has 7 nitrogen and oxygen atoms in total. The van der Waals surface area contributed by atoms with Crippen LogP contribution in [0.4, 0.5) is 0 Å². The van der Waals surface area contributed by atoms with Crippen molar-refractivity contribution in [3.63, 3.8) is 0 Å². The number of ether oxygens (including phenoxy) is 1. The molecule has 29 heavy (non-hydrogen) atoms. The maximum atomic E-state index is 12.4. The van der Waals surface area contributed by atoms with Crippen LogP contribution in [0.25, 0.3) is 0 Å². The van der Waals surface area contributed by atoms with E-state index in [1.807, 2.05) is 0 Å². The van der Waals surface area contributed by atoms with E-state index in [0.717, 1.165) is 18.0 Å². The average Bonchev–Trinajstić information content (AvgIpc) is 2.74. The minimum absolute atomic E-state index is 0.219. The molecule has 1 amide bonds. The van der Waals surface area contributed by atoms with E-state index in [1.165, 1.54) is 48.3 Å². The summed E-state index contributed by atoms with van der Waals surface area (Å²) in [6.07, 6.45) is 2.55. The van der Waals surface area contributed by atoms with Gasteiger partial charge in [0.2, 0.25) is 0 Å². The molecule has 1 saturated heterocycles. The zero-order valence-corrected chi connectivity index (χ0v) is 17.3. The highest BCUT2D eigenvalue weighted by Crippen LogP contribution is 2.18. The van der Waals surface area contributed by atoms with Crippen molar-refractivity contribution in [1.29, 1.82) is 0 Å². The first-order chi connectivity index (χ1) is 14.0. The Balaban J connectivity index is 1.52. The van der Waals surface area contributed by atoms with Crippen LogP contribution >= 0.6 is 0 Å². The van der Waals surface area contributed by atoms with Crippen molar-refractivity contribution in [3.8, 4) is 0 Å². The number of carbonyl (C=O) groups is 1. The molecule has 7 heteroatoms. The molecule has 0 saturated carbocycles. The Kier molecular flexibility index (Phi) is 7.55. The van der Waals surface area contributed by atoms with Gasteiger partial charge in [-0.15, -0.1) is 0 Å². The number of benzene rings is 1. The highest BCUT2D eigenvalue weighted by atomic mass is 16.5. The van der Waals surface area contributed by atoms with Crippen LogP contribution < -0.4 is 10.9 Å². The number of methoxy groups -OCH3 is 1. The Morgan fingerprint density at radius 2 is 1.83 bits per heavy atom. The van der Waals surface area contributed by atoms with Crippen molar-refractivity contribution in [2.75, 3.05) is 26.8 Å². The number of rotatable bonds is 8. The fourth-order valence-corrected chi connectivity index (χ4v) is 3.42. The monoisotopic (exact) mass is 398 g/mol. The van der Waals surface area contributed by atoms with E-state index >= 15 is 0 Å². The molecular weight excluding hydrogens is 368 g/mol. The van der Waals surface area contributed by atoms with Gasteiger partial charge in [0.1, 0.15) is 5.69 Å². The molecule has 2 heterocycles. The average molecular weight is 399 g/mol. The SMILES string of the molecule is COCCn1nc(C(=O)NCc2ccc(CN3CCC(C)CC3)cc2)ccc1=O. The Morgan fingerprint density at radius 1 is 1.14 bits per heavy atom. The van der Waals surface area contributed by atoms with Crippen molar-refractivity contribution in [3.05, 3.63) is 63.6 Å². The minimum atomic E-state index is -0.303. The fourth-order valence-electron chi connectivity index (χ4n) is 3.42. The number of amides is 1. The summed E-state index contributed by atoms with van der Waals surface area (Å²) in [6, 6.07) is 11.2. The summed E-state index contributed by atoms with van der Waals surface area (Å²) in [5, 5.41) is 6.98. The Morgan fingerprint density at radius 3 is 2.52 bits per heavy atom. The lowest BCUT2D eigenvalue weighted by molar-refractivity contribution is 0.0942. The summed E-state index contributed by atoms with van der Waals surface area (Å²) in [7, 11) is 1.56. The molecule has 0 spiro atoms. The van der Waals surface area contributed by atoms with Gasteiger partial charge in [0.15, 0.2) is 0 Å². The lowest BCUT2D eigenvalue weighted by Gasteiger charge is -2.30. The third-order valence-corrected chi connectivity index (χ3v) is 5.36. The van der Waals surface area contributed by atoms with E-state index in [9.17, 15) is 9.59 Å². The topological polar surface area (TPSA) is 76.5 Å². The molecule has 1 aromatic heterocycles. The summed E-state index contributed by atoms with van der Waals surface area (Å²) in [5.74, 6) is 0.536. The number of piperidine rings is 1. The van der Waals surface area contributed by atoms with E-state index in [-0.39, 0.29) is 17.2 Å².